The molecule has 1 fully saturated rings. The minimum absolute atomic E-state index is 0.181. The van der Waals surface area contributed by atoms with Crippen LogP contribution in [0.3, 0.4) is 0 Å². The maximum atomic E-state index is 5.49. The van der Waals surface area contributed by atoms with Gasteiger partial charge in [-0.05, 0) is 59.5 Å². The average molecular weight is 395 g/mol. The Morgan fingerprint density at radius 2 is 1.86 bits per heavy atom. The molecule has 0 amide bonds. The lowest BCUT2D eigenvalue weighted by Gasteiger charge is -2.41. The number of rotatable bonds is 6. The highest BCUT2D eigenvalue weighted by atomic mass is 16.3. The van der Waals surface area contributed by atoms with Crippen molar-refractivity contribution < 1.29 is 4.42 Å². The molecule has 0 saturated carbocycles. The molecule has 7 nitrogen and oxygen atoms in total. The number of hydrogen-bond acceptors (Lipinski definition) is 6. The van der Waals surface area contributed by atoms with Crippen molar-refractivity contribution in [1.29, 1.82) is 0 Å². The van der Waals surface area contributed by atoms with Crippen LogP contribution in [0.2, 0.25) is 0 Å². The summed E-state index contributed by atoms with van der Waals surface area (Å²) in [7, 11) is 0. The molecule has 0 N–H and O–H groups in total. The minimum atomic E-state index is 0.181. The van der Waals surface area contributed by atoms with Gasteiger partial charge in [-0.25, -0.2) is 4.68 Å². The zero-order chi connectivity index (χ0) is 20.4. The SMILES string of the molecule is Cc1ccc(C)c(N2CCN([C@@H](c3nnnn3Cc3ccco3)C(C)C)CC2)c1. The van der Waals surface area contributed by atoms with Gasteiger partial charge in [0.25, 0.3) is 0 Å². The number of anilines is 1. The largest absolute Gasteiger partial charge is 0.467 e. The molecule has 2 aromatic heterocycles. The zero-order valence-corrected chi connectivity index (χ0v) is 17.7. The first kappa shape index (κ1) is 19.6. The van der Waals surface area contributed by atoms with Gasteiger partial charge in [0.15, 0.2) is 5.82 Å². The first-order valence-corrected chi connectivity index (χ1v) is 10.4. The van der Waals surface area contributed by atoms with Crippen LogP contribution in [-0.4, -0.2) is 51.3 Å². The molecular formula is C22H30N6O. The van der Waals surface area contributed by atoms with Crippen molar-refractivity contribution in [2.24, 2.45) is 5.92 Å². The molecule has 3 heterocycles. The molecule has 0 spiro atoms. The average Bonchev–Trinajstić information content (AvgIpc) is 3.37. The molecule has 0 bridgehead atoms. The Kier molecular flexibility index (Phi) is 5.67. The van der Waals surface area contributed by atoms with Gasteiger partial charge in [-0.2, -0.15) is 0 Å². The summed E-state index contributed by atoms with van der Waals surface area (Å²) in [5.41, 5.74) is 4.01. The maximum absolute atomic E-state index is 5.49. The highest BCUT2D eigenvalue weighted by Crippen LogP contribution is 2.30. The monoisotopic (exact) mass is 394 g/mol. The second kappa shape index (κ2) is 8.37. The summed E-state index contributed by atoms with van der Waals surface area (Å²) in [4.78, 5) is 5.03. The van der Waals surface area contributed by atoms with Gasteiger partial charge in [0.05, 0.1) is 12.3 Å². The van der Waals surface area contributed by atoms with Gasteiger partial charge in [0.2, 0.25) is 0 Å². The van der Waals surface area contributed by atoms with E-state index in [9.17, 15) is 0 Å². The molecule has 1 aromatic carbocycles. The summed E-state index contributed by atoms with van der Waals surface area (Å²) < 4.78 is 7.37. The molecule has 1 aliphatic rings. The molecule has 4 rings (SSSR count). The minimum Gasteiger partial charge on any atom is -0.467 e. The molecule has 0 radical (unpaired) electrons. The quantitative estimate of drug-likeness (QED) is 0.638. The molecule has 154 valence electrons. The summed E-state index contributed by atoms with van der Waals surface area (Å²) in [5, 5.41) is 12.6. The first-order valence-electron chi connectivity index (χ1n) is 10.4. The predicted octanol–water partition coefficient (Wildman–Crippen LogP) is 3.45. The predicted molar refractivity (Wildman–Crippen MR) is 113 cm³/mol. The summed E-state index contributed by atoms with van der Waals surface area (Å²) >= 11 is 0. The van der Waals surface area contributed by atoms with Gasteiger partial charge in [0, 0.05) is 31.9 Å². The number of piperazine rings is 1. The van der Waals surface area contributed by atoms with Crippen LogP contribution in [-0.2, 0) is 6.54 Å². The van der Waals surface area contributed by atoms with E-state index in [4.69, 9.17) is 4.42 Å². The third-order valence-corrected chi connectivity index (χ3v) is 5.75. The van der Waals surface area contributed by atoms with E-state index in [1.165, 1.54) is 16.8 Å². The summed E-state index contributed by atoms with van der Waals surface area (Å²) in [6.45, 7) is 13.4. The smallest absolute Gasteiger partial charge is 0.169 e. The lowest BCUT2D eigenvalue weighted by Crippen LogP contribution is -2.49. The van der Waals surface area contributed by atoms with E-state index in [-0.39, 0.29) is 6.04 Å². The van der Waals surface area contributed by atoms with Gasteiger partial charge in [-0.1, -0.05) is 26.0 Å². The Balaban J connectivity index is 1.50. The van der Waals surface area contributed by atoms with Crippen LogP contribution in [0.5, 0.6) is 0 Å². The third kappa shape index (κ3) is 4.19. The number of benzene rings is 1. The van der Waals surface area contributed by atoms with Crippen LogP contribution in [0.1, 0.15) is 42.6 Å². The Morgan fingerprint density at radius 3 is 2.55 bits per heavy atom. The Morgan fingerprint density at radius 1 is 1.07 bits per heavy atom. The fourth-order valence-corrected chi connectivity index (χ4v) is 4.27. The van der Waals surface area contributed by atoms with Crippen LogP contribution < -0.4 is 4.90 Å². The summed E-state index contributed by atoms with van der Waals surface area (Å²) in [5.74, 6) is 2.18. The fraction of sp³-hybridized carbons (Fsp3) is 0.500. The molecule has 0 unspecified atom stereocenters. The van der Waals surface area contributed by atoms with Crippen molar-refractivity contribution in [3.05, 3.63) is 59.3 Å². The second-order valence-corrected chi connectivity index (χ2v) is 8.28. The van der Waals surface area contributed by atoms with Gasteiger partial charge in [0.1, 0.15) is 12.3 Å². The van der Waals surface area contributed by atoms with Gasteiger partial charge < -0.3 is 9.32 Å². The molecule has 1 aliphatic heterocycles. The van der Waals surface area contributed by atoms with Gasteiger partial charge in [-0.15, -0.1) is 5.10 Å². The van der Waals surface area contributed by atoms with Crippen LogP contribution in [0.25, 0.3) is 0 Å². The van der Waals surface area contributed by atoms with Crippen molar-refractivity contribution in [3.8, 4) is 0 Å². The van der Waals surface area contributed by atoms with E-state index in [1.807, 2.05) is 16.8 Å². The molecule has 1 atom stereocenters. The number of aryl methyl sites for hydroxylation is 2. The van der Waals surface area contributed by atoms with Crippen LogP contribution in [0.15, 0.2) is 41.0 Å². The topological polar surface area (TPSA) is 63.2 Å². The maximum Gasteiger partial charge on any atom is 0.169 e. The van der Waals surface area contributed by atoms with Crippen molar-refractivity contribution in [1.82, 2.24) is 25.1 Å². The molecular weight excluding hydrogens is 364 g/mol. The van der Waals surface area contributed by atoms with Crippen LogP contribution >= 0.6 is 0 Å². The van der Waals surface area contributed by atoms with Crippen molar-refractivity contribution >= 4 is 5.69 Å². The van der Waals surface area contributed by atoms with Crippen LogP contribution in [0, 0.1) is 19.8 Å². The second-order valence-electron chi connectivity index (χ2n) is 8.28. The van der Waals surface area contributed by atoms with E-state index in [2.05, 4.69) is 71.2 Å². The molecule has 7 heteroatoms. The highest BCUT2D eigenvalue weighted by Gasteiger charge is 2.31. The van der Waals surface area contributed by atoms with E-state index in [0.29, 0.717) is 12.5 Å². The number of aromatic nitrogens is 4. The van der Waals surface area contributed by atoms with E-state index in [0.717, 1.165) is 37.8 Å². The lowest BCUT2D eigenvalue weighted by atomic mass is 10.00. The van der Waals surface area contributed by atoms with E-state index >= 15 is 0 Å². The summed E-state index contributed by atoms with van der Waals surface area (Å²) in [6.07, 6.45) is 1.69. The Hall–Kier alpha value is -2.67. The third-order valence-electron chi connectivity index (χ3n) is 5.75. The standard InChI is InChI=1S/C22H30N6O/c1-16(2)21(22-23-24-25-28(22)15-19-6-5-13-29-19)27-11-9-26(10-12-27)20-14-17(3)7-8-18(20)4/h5-8,13-14,16,21H,9-12,15H2,1-4H3/t21-/m1/s1. The first-order chi connectivity index (χ1) is 14.0. The highest BCUT2D eigenvalue weighted by molar-refractivity contribution is 5.55. The van der Waals surface area contributed by atoms with E-state index in [1.54, 1.807) is 6.26 Å². The van der Waals surface area contributed by atoms with Gasteiger partial charge >= 0.3 is 0 Å². The Labute approximate surface area is 172 Å². The Bertz CT molecular complexity index is 925. The normalized spacial score (nSPS) is 16.5. The number of tetrazole rings is 1. The van der Waals surface area contributed by atoms with Crippen molar-refractivity contribution in [2.75, 3.05) is 31.1 Å². The van der Waals surface area contributed by atoms with Crippen molar-refractivity contribution in [2.45, 2.75) is 40.3 Å². The number of furan rings is 1. The lowest BCUT2D eigenvalue weighted by molar-refractivity contribution is 0.135. The number of nitrogens with zero attached hydrogens (tertiary/aromatic N) is 6. The zero-order valence-electron chi connectivity index (χ0n) is 17.7. The molecule has 3 aromatic rings. The summed E-state index contributed by atoms with van der Waals surface area (Å²) in [6, 6.07) is 10.7. The molecule has 1 saturated heterocycles. The van der Waals surface area contributed by atoms with E-state index < -0.39 is 0 Å². The fourth-order valence-electron chi connectivity index (χ4n) is 4.27. The van der Waals surface area contributed by atoms with Crippen LogP contribution in [0.4, 0.5) is 5.69 Å². The van der Waals surface area contributed by atoms with Crippen molar-refractivity contribution in [3.63, 3.8) is 0 Å². The number of hydrogen-bond donors (Lipinski definition) is 0. The molecule has 29 heavy (non-hydrogen) atoms. The van der Waals surface area contributed by atoms with Gasteiger partial charge in [-0.3, -0.25) is 4.90 Å². The molecule has 0 aliphatic carbocycles.